The Bertz CT molecular complexity index is 233. The summed E-state index contributed by atoms with van der Waals surface area (Å²) in [6, 6.07) is 0. The molecule has 0 aromatic heterocycles. The Balaban J connectivity index is 2.53. The van der Waals surface area contributed by atoms with Gasteiger partial charge >= 0.3 is 9.89 Å². The standard InChI is InChI=1S/C9H13Cl2FO2S/c1-6(13)14-7-4-2-3-5-8(7)15-9(10,11)12/h7-8H,2-5H2,1H3. The number of ether oxygens (including phenoxy) is 1. The number of alkyl halides is 3. The van der Waals surface area contributed by atoms with Crippen molar-refractivity contribution in [2.45, 2.75) is 47.9 Å². The maximum Gasteiger partial charge on any atom is 0.305 e. The summed E-state index contributed by atoms with van der Waals surface area (Å²) < 4.78 is 15.8. The van der Waals surface area contributed by atoms with Crippen molar-refractivity contribution >= 4 is 40.9 Å². The molecular formula is C9H13Cl2FO2S. The molecule has 0 spiro atoms. The fraction of sp³-hybridized carbons (Fsp3) is 0.889. The molecule has 88 valence electrons. The van der Waals surface area contributed by atoms with E-state index in [1.807, 2.05) is 0 Å². The molecule has 0 aromatic carbocycles. The van der Waals surface area contributed by atoms with E-state index in [-0.39, 0.29) is 17.3 Å². The van der Waals surface area contributed by atoms with Crippen LogP contribution in [0.25, 0.3) is 0 Å². The molecule has 1 fully saturated rings. The number of esters is 1. The third kappa shape index (κ3) is 5.27. The van der Waals surface area contributed by atoms with E-state index in [4.69, 9.17) is 27.9 Å². The van der Waals surface area contributed by atoms with Crippen LogP contribution in [0.5, 0.6) is 0 Å². The van der Waals surface area contributed by atoms with Crippen molar-refractivity contribution in [3.8, 4) is 0 Å². The van der Waals surface area contributed by atoms with E-state index in [1.54, 1.807) is 0 Å². The third-order valence-electron chi connectivity index (χ3n) is 2.24. The minimum Gasteiger partial charge on any atom is -0.461 e. The number of hydrogen-bond donors (Lipinski definition) is 0. The molecule has 2 unspecified atom stereocenters. The second-order valence-electron chi connectivity index (χ2n) is 3.53. The van der Waals surface area contributed by atoms with Crippen molar-refractivity contribution in [2.24, 2.45) is 0 Å². The molecule has 0 aromatic rings. The Morgan fingerprint density at radius 2 is 2.07 bits per heavy atom. The highest BCUT2D eigenvalue weighted by molar-refractivity contribution is 8.03. The number of rotatable bonds is 3. The molecule has 0 N–H and O–H groups in total. The lowest BCUT2D eigenvalue weighted by molar-refractivity contribution is -0.147. The molecule has 15 heavy (non-hydrogen) atoms. The van der Waals surface area contributed by atoms with Gasteiger partial charge in [0.15, 0.2) is 0 Å². The minimum absolute atomic E-state index is 0.150. The molecule has 6 heteroatoms. The number of carbonyl (C=O) groups excluding carboxylic acids is 1. The zero-order chi connectivity index (χ0) is 11.5. The first kappa shape index (κ1) is 13.4. The molecule has 2 atom stereocenters. The minimum atomic E-state index is -2.31. The predicted octanol–water partition coefficient (Wildman–Crippen LogP) is 3.65. The Labute approximate surface area is 103 Å². The van der Waals surface area contributed by atoms with Gasteiger partial charge in [-0.3, -0.25) is 4.79 Å². The van der Waals surface area contributed by atoms with Crippen molar-refractivity contribution in [3.63, 3.8) is 0 Å². The first-order valence-electron chi connectivity index (χ1n) is 4.80. The first-order chi connectivity index (χ1) is 6.88. The van der Waals surface area contributed by atoms with Gasteiger partial charge in [0.25, 0.3) is 0 Å². The fourth-order valence-electron chi connectivity index (χ4n) is 1.72. The highest BCUT2D eigenvalue weighted by Gasteiger charge is 2.36. The summed E-state index contributed by atoms with van der Waals surface area (Å²) in [5, 5.41) is -0.150. The molecule has 0 amide bonds. The lowest BCUT2D eigenvalue weighted by Gasteiger charge is -2.31. The van der Waals surface area contributed by atoms with Gasteiger partial charge in [-0.15, -0.1) is 0 Å². The van der Waals surface area contributed by atoms with Crippen molar-refractivity contribution in [3.05, 3.63) is 0 Å². The normalized spacial score (nSPS) is 27.5. The molecule has 1 rings (SSSR count). The highest BCUT2D eigenvalue weighted by Crippen LogP contribution is 2.44. The molecule has 1 aliphatic rings. The number of carbonyl (C=O) groups is 1. The van der Waals surface area contributed by atoms with Crippen molar-refractivity contribution in [2.75, 3.05) is 0 Å². The van der Waals surface area contributed by atoms with E-state index in [9.17, 15) is 9.18 Å². The molecule has 0 radical (unpaired) electrons. The number of thioether (sulfide) groups is 1. The second kappa shape index (κ2) is 5.60. The zero-order valence-corrected chi connectivity index (χ0v) is 10.7. The summed E-state index contributed by atoms with van der Waals surface area (Å²) in [5.41, 5.74) is 0. The average molecular weight is 275 g/mol. The highest BCUT2D eigenvalue weighted by atomic mass is 35.5. The van der Waals surface area contributed by atoms with Gasteiger partial charge in [0.2, 0.25) is 0 Å². The monoisotopic (exact) mass is 274 g/mol. The van der Waals surface area contributed by atoms with Gasteiger partial charge in [0.1, 0.15) is 6.10 Å². The maximum atomic E-state index is 13.0. The van der Waals surface area contributed by atoms with Crippen LogP contribution in [-0.2, 0) is 9.53 Å². The van der Waals surface area contributed by atoms with Crippen molar-refractivity contribution in [1.82, 2.24) is 0 Å². The molecule has 0 heterocycles. The van der Waals surface area contributed by atoms with Gasteiger partial charge in [-0.25, -0.2) is 0 Å². The van der Waals surface area contributed by atoms with E-state index < -0.39 is 3.92 Å². The van der Waals surface area contributed by atoms with Crippen LogP contribution >= 0.6 is 35.0 Å². The summed E-state index contributed by atoms with van der Waals surface area (Å²) in [7, 11) is 0. The lowest BCUT2D eigenvalue weighted by Crippen LogP contribution is -2.33. The van der Waals surface area contributed by atoms with Crippen LogP contribution in [0.3, 0.4) is 0 Å². The Morgan fingerprint density at radius 1 is 1.47 bits per heavy atom. The van der Waals surface area contributed by atoms with E-state index in [0.29, 0.717) is 0 Å². The van der Waals surface area contributed by atoms with Crippen LogP contribution in [0.1, 0.15) is 32.6 Å². The van der Waals surface area contributed by atoms with E-state index in [0.717, 1.165) is 37.4 Å². The molecule has 1 saturated carbocycles. The van der Waals surface area contributed by atoms with Gasteiger partial charge in [0, 0.05) is 12.2 Å². The maximum absolute atomic E-state index is 13.0. The quantitative estimate of drug-likeness (QED) is 0.581. The molecule has 0 bridgehead atoms. The van der Waals surface area contributed by atoms with Gasteiger partial charge < -0.3 is 4.74 Å². The zero-order valence-electron chi connectivity index (χ0n) is 8.34. The molecule has 2 nitrogen and oxygen atoms in total. The van der Waals surface area contributed by atoms with Crippen LogP contribution in [0.15, 0.2) is 0 Å². The molecule has 0 saturated heterocycles. The SMILES string of the molecule is CC(=O)OC1CCCCC1SC(F)(Cl)Cl. The fourth-order valence-corrected chi connectivity index (χ4v) is 3.38. The van der Waals surface area contributed by atoms with E-state index >= 15 is 0 Å². The third-order valence-corrected chi connectivity index (χ3v) is 3.89. The van der Waals surface area contributed by atoms with Crippen LogP contribution < -0.4 is 0 Å². The summed E-state index contributed by atoms with van der Waals surface area (Å²) in [5.74, 6) is -0.346. The van der Waals surface area contributed by atoms with E-state index in [2.05, 4.69) is 0 Å². The molecular weight excluding hydrogens is 262 g/mol. The molecule has 1 aliphatic carbocycles. The topological polar surface area (TPSA) is 26.3 Å². The smallest absolute Gasteiger partial charge is 0.305 e. The van der Waals surface area contributed by atoms with Crippen molar-refractivity contribution in [1.29, 1.82) is 0 Å². The Kier molecular flexibility index (Phi) is 5.00. The first-order valence-corrected chi connectivity index (χ1v) is 6.44. The number of hydrogen-bond acceptors (Lipinski definition) is 3. The summed E-state index contributed by atoms with van der Waals surface area (Å²) in [4.78, 5) is 10.8. The van der Waals surface area contributed by atoms with Crippen LogP contribution in [0.2, 0.25) is 0 Å². The predicted molar refractivity (Wildman–Crippen MR) is 60.9 cm³/mol. The summed E-state index contributed by atoms with van der Waals surface area (Å²) in [6.45, 7) is 1.35. The van der Waals surface area contributed by atoms with Crippen LogP contribution in [0.4, 0.5) is 4.39 Å². The Hall–Kier alpha value is 0.330. The van der Waals surface area contributed by atoms with Gasteiger partial charge in [0.05, 0.1) is 0 Å². The lowest BCUT2D eigenvalue weighted by atomic mass is 9.97. The average Bonchev–Trinajstić information content (AvgIpc) is 2.05. The second-order valence-corrected chi connectivity index (χ2v) is 6.62. The summed E-state index contributed by atoms with van der Waals surface area (Å²) in [6.07, 6.45) is 3.22. The van der Waals surface area contributed by atoms with Crippen LogP contribution in [0, 0.1) is 0 Å². The van der Waals surface area contributed by atoms with Gasteiger partial charge in [-0.2, -0.15) is 4.39 Å². The van der Waals surface area contributed by atoms with Gasteiger partial charge in [-0.1, -0.05) is 41.4 Å². The van der Waals surface area contributed by atoms with Gasteiger partial charge in [-0.05, 0) is 19.3 Å². The van der Waals surface area contributed by atoms with Crippen molar-refractivity contribution < 1.29 is 13.9 Å². The molecule has 0 aliphatic heterocycles. The largest absolute Gasteiger partial charge is 0.461 e. The van der Waals surface area contributed by atoms with E-state index in [1.165, 1.54) is 6.92 Å². The Morgan fingerprint density at radius 3 is 2.60 bits per heavy atom. The summed E-state index contributed by atoms with van der Waals surface area (Å²) >= 11 is 11.4. The number of halogens is 3. The van der Waals surface area contributed by atoms with Crippen LogP contribution in [-0.4, -0.2) is 21.2 Å².